The lowest BCUT2D eigenvalue weighted by Gasteiger charge is -2.04. The molecule has 2 heterocycles. The van der Waals surface area contributed by atoms with Crippen LogP contribution in [0.3, 0.4) is 0 Å². The summed E-state index contributed by atoms with van der Waals surface area (Å²) in [6.45, 7) is 2.63. The second kappa shape index (κ2) is 4.82. The van der Waals surface area contributed by atoms with Gasteiger partial charge in [-0.15, -0.1) is 0 Å². The van der Waals surface area contributed by atoms with Gasteiger partial charge in [0, 0.05) is 17.1 Å². The Morgan fingerprint density at radius 3 is 2.63 bits per heavy atom. The van der Waals surface area contributed by atoms with Crippen LogP contribution in [0.5, 0.6) is 0 Å². The van der Waals surface area contributed by atoms with Crippen molar-refractivity contribution in [1.29, 1.82) is 0 Å². The molecule has 3 aromatic rings. The van der Waals surface area contributed by atoms with Crippen molar-refractivity contribution in [2.75, 3.05) is 6.61 Å². The topological polar surface area (TPSA) is 50.9 Å². The third-order valence-electron chi connectivity index (χ3n) is 3.25. The Bertz CT molecular complexity index is 701. The summed E-state index contributed by atoms with van der Waals surface area (Å²) in [5.74, 6) is 0. The van der Waals surface area contributed by atoms with Crippen LogP contribution in [-0.2, 0) is 6.54 Å². The molecule has 0 bridgehead atoms. The highest BCUT2D eigenvalue weighted by Crippen LogP contribution is 2.27. The van der Waals surface area contributed by atoms with Crippen molar-refractivity contribution in [1.82, 2.24) is 14.8 Å². The maximum atomic E-state index is 9.03. The summed E-state index contributed by atoms with van der Waals surface area (Å²) in [6.07, 6.45) is 5.48. The van der Waals surface area contributed by atoms with E-state index in [1.807, 2.05) is 12.4 Å². The zero-order valence-corrected chi connectivity index (χ0v) is 10.7. The normalized spacial score (nSPS) is 11.1. The summed E-state index contributed by atoms with van der Waals surface area (Å²) >= 11 is 0. The lowest BCUT2D eigenvalue weighted by molar-refractivity contribution is 0.271. The highest BCUT2D eigenvalue weighted by molar-refractivity contribution is 5.93. The number of aromatic nitrogens is 3. The Hall–Kier alpha value is -2.20. The second-order valence-electron chi connectivity index (χ2n) is 4.58. The molecular formula is C15H15N3O. The molecule has 0 fully saturated rings. The van der Waals surface area contributed by atoms with E-state index in [0.29, 0.717) is 6.54 Å². The van der Waals surface area contributed by atoms with E-state index in [0.717, 1.165) is 22.0 Å². The Labute approximate surface area is 111 Å². The fourth-order valence-electron chi connectivity index (χ4n) is 2.23. The molecule has 0 saturated carbocycles. The number of hydrogen-bond acceptors (Lipinski definition) is 3. The van der Waals surface area contributed by atoms with Crippen LogP contribution < -0.4 is 0 Å². The molecule has 96 valence electrons. The number of aryl methyl sites for hydroxylation is 1. The third kappa shape index (κ3) is 2.11. The van der Waals surface area contributed by atoms with Crippen molar-refractivity contribution in [3.05, 3.63) is 48.4 Å². The van der Waals surface area contributed by atoms with Gasteiger partial charge in [-0.1, -0.05) is 29.8 Å². The summed E-state index contributed by atoms with van der Waals surface area (Å²) in [5.41, 5.74) is 4.39. The van der Waals surface area contributed by atoms with Crippen LogP contribution >= 0.6 is 0 Å². The highest BCUT2D eigenvalue weighted by atomic mass is 16.3. The molecular weight excluding hydrogens is 238 g/mol. The first-order valence-electron chi connectivity index (χ1n) is 6.27. The third-order valence-corrected chi connectivity index (χ3v) is 3.25. The molecule has 0 saturated heterocycles. The lowest BCUT2D eigenvalue weighted by atomic mass is 10.0. The highest BCUT2D eigenvalue weighted by Gasteiger charge is 2.08. The SMILES string of the molecule is Cc1ccc(-c2cncc3c2cnn3CCO)cc1. The fourth-order valence-corrected chi connectivity index (χ4v) is 2.23. The van der Waals surface area contributed by atoms with Crippen molar-refractivity contribution >= 4 is 10.9 Å². The predicted octanol–water partition coefficient (Wildman–Crippen LogP) is 2.40. The number of hydrogen-bond donors (Lipinski definition) is 1. The van der Waals surface area contributed by atoms with Gasteiger partial charge in [-0.3, -0.25) is 9.67 Å². The van der Waals surface area contributed by atoms with Gasteiger partial charge in [-0.25, -0.2) is 0 Å². The molecule has 4 nitrogen and oxygen atoms in total. The van der Waals surface area contributed by atoms with Crippen LogP contribution in [0.15, 0.2) is 42.9 Å². The summed E-state index contributed by atoms with van der Waals surface area (Å²) in [6, 6.07) is 8.36. The zero-order valence-electron chi connectivity index (χ0n) is 10.7. The number of rotatable bonds is 3. The average molecular weight is 253 g/mol. The quantitative estimate of drug-likeness (QED) is 0.779. The van der Waals surface area contributed by atoms with Crippen molar-refractivity contribution in [2.24, 2.45) is 0 Å². The Morgan fingerprint density at radius 2 is 1.89 bits per heavy atom. The maximum absolute atomic E-state index is 9.03. The molecule has 0 atom stereocenters. The number of pyridine rings is 1. The van der Waals surface area contributed by atoms with E-state index in [1.165, 1.54) is 5.56 Å². The first-order valence-corrected chi connectivity index (χ1v) is 6.27. The Morgan fingerprint density at radius 1 is 1.11 bits per heavy atom. The molecule has 1 N–H and O–H groups in total. The van der Waals surface area contributed by atoms with Crippen LogP contribution in [0.2, 0.25) is 0 Å². The first-order chi connectivity index (χ1) is 9.29. The molecule has 0 aliphatic rings. The number of aliphatic hydroxyl groups excluding tert-OH is 1. The molecule has 0 unspecified atom stereocenters. The summed E-state index contributed by atoms with van der Waals surface area (Å²) in [5, 5.41) is 14.4. The minimum atomic E-state index is 0.0749. The number of nitrogens with zero attached hydrogens (tertiary/aromatic N) is 3. The van der Waals surface area contributed by atoms with E-state index in [4.69, 9.17) is 5.11 Å². The minimum absolute atomic E-state index is 0.0749. The molecule has 0 aliphatic carbocycles. The zero-order chi connectivity index (χ0) is 13.2. The molecule has 0 amide bonds. The summed E-state index contributed by atoms with van der Waals surface area (Å²) in [4.78, 5) is 4.28. The monoisotopic (exact) mass is 253 g/mol. The minimum Gasteiger partial charge on any atom is -0.394 e. The number of fused-ring (bicyclic) bond motifs is 1. The molecule has 0 aliphatic heterocycles. The van der Waals surface area contributed by atoms with E-state index in [-0.39, 0.29) is 6.61 Å². The van der Waals surface area contributed by atoms with Crippen molar-refractivity contribution in [3.63, 3.8) is 0 Å². The van der Waals surface area contributed by atoms with E-state index in [1.54, 1.807) is 10.9 Å². The van der Waals surface area contributed by atoms with Gasteiger partial charge in [0.25, 0.3) is 0 Å². The largest absolute Gasteiger partial charge is 0.394 e. The fraction of sp³-hybridized carbons (Fsp3) is 0.200. The van der Waals surface area contributed by atoms with Gasteiger partial charge in [-0.05, 0) is 12.5 Å². The molecule has 3 rings (SSSR count). The molecule has 0 spiro atoms. The van der Waals surface area contributed by atoms with Crippen molar-refractivity contribution in [3.8, 4) is 11.1 Å². The van der Waals surface area contributed by atoms with Gasteiger partial charge in [0.15, 0.2) is 0 Å². The van der Waals surface area contributed by atoms with Crippen molar-refractivity contribution < 1.29 is 5.11 Å². The van der Waals surface area contributed by atoms with Gasteiger partial charge < -0.3 is 5.11 Å². The van der Waals surface area contributed by atoms with E-state index >= 15 is 0 Å². The van der Waals surface area contributed by atoms with Crippen LogP contribution in [0.1, 0.15) is 5.56 Å². The maximum Gasteiger partial charge on any atom is 0.0872 e. The molecule has 0 radical (unpaired) electrons. The van der Waals surface area contributed by atoms with Gasteiger partial charge in [0.1, 0.15) is 0 Å². The van der Waals surface area contributed by atoms with Gasteiger partial charge in [0.2, 0.25) is 0 Å². The standard InChI is InChI=1S/C15H15N3O/c1-11-2-4-12(5-3-11)13-8-16-10-15-14(13)9-17-18(15)6-7-19/h2-5,8-10,19H,6-7H2,1H3. The molecule has 19 heavy (non-hydrogen) atoms. The first kappa shape index (κ1) is 11.9. The van der Waals surface area contributed by atoms with E-state index in [9.17, 15) is 0 Å². The Balaban J connectivity index is 2.16. The smallest absolute Gasteiger partial charge is 0.0872 e. The van der Waals surface area contributed by atoms with Crippen LogP contribution in [-0.4, -0.2) is 26.5 Å². The number of aliphatic hydroxyl groups is 1. The van der Waals surface area contributed by atoms with Crippen LogP contribution in [0, 0.1) is 6.92 Å². The lowest BCUT2D eigenvalue weighted by Crippen LogP contribution is -2.03. The molecule has 2 aromatic heterocycles. The van der Waals surface area contributed by atoms with E-state index < -0.39 is 0 Å². The van der Waals surface area contributed by atoms with Crippen molar-refractivity contribution in [2.45, 2.75) is 13.5 Å². The summed E-state index contributed by atoms with van der Waals surface area (Å²) in [7, 11) is 0. The van der Waals surface area contributed by atoms with E-state index in [2.05, 4.69) is 41.3 Å². The summed E-state index contributed by atoms with van der Waals surface area (Å²) < 4.78 is 1.78. The van der Waals surface area contributed by atoms with Gasteiger partial charge in [-0.2, -0.15) is 5.10 Å². The second-order valence-corrected chi connectivity index (χ2v) is 4.58. The van der Waals surface area contributed by atoms with Crippen LogP contribution in [0.25, 0.3) is 22.0 Å². The number of benzene rings is 1. The molecule has 4 heteroatoms. The Kier molecular flexibility index (Phi) is 3.01. The van der Waals surface area contributed by atoms with Gasteiger partial charge in [0.05, 0.1) is 31.1 Å². The molecule has 1 aromatic carbocycles. The average Bonchev–Trinajstić information content (AvgIpc) is 2.84. The van der Waals surface area contributed by atoms with Gasteiger partial charge >= 0.3 is 0 Å². The predicted molar refractivity (Wildman–Crippen MR) is 74.8 cm³/mol. The van der Waals surface area contributed by atoms with Crippen LogP contribution in [0.4, 0.5) is 0 Å².